The number of phenols is 1. The number of benzene rings is 1. The monoisotopic (exact) mass is 354 g/mol. The molecule has 1 aromatic carbocycles. The highest BCUT2D eigenvalue weighted by molar-refractivity contribution is 5.63. The molecule has 3 fully saturated rings. The molecule has 0 aromatic heterocycles. The Morgan fingerprint density at radius 3 is 2.88 bits per heavy atom. The molecule has 4 nitrogen and oxygen atoms in total. The summed E-state index contributed by atoms with van der Waals surface area (Å²) in [4.78, 5) is 0. The van der Waals surface area contributed by atoms with Crippen LogP contribution in [0.15, 0.2) is 24.3 Å². The standard InChI is InChI=1S/C22H27NO3/c1-13-7-8-22(25)17-11-15-5-6-16(24)19-18(15)21(22,20(13)26-19)9-10-23(17,2)12-14-3-4-14/h5-6,14,17,20,25H,1,3-4,7-12H2,2H3/p+1/t17?,20-,21-,22+,23?/m0/s1. The number of phenolic OH excluding ortho intramolecular Hbond substituents is 1. The van der Waals surface area contributed by atoms with Gasteiger partial charge >= 0.3 is 0 Å². The van der Waals surface area contributed by atoms with Crippen molar-refractivity contribution in [2.24, 2.45) is 5.92 Å². The zero-order valence-corrected chi connectivity index (χ0v) is 15.5. The summed E-state index contributed by atoms with van der Waals surface area (Å²) in [7, 11) is 2.37. The lowest BCUT2D eigenvalue weighted by Gasteiger charge is -2.65. The van der Waals surface area contributed by atoms with Crippen LogP contribution in [0.4, 0.5) is 0 Å². The van der Waals surface area contributed by atoms with Crippen LogP contribution in [0.5, 0.6) is 11.5 Å². The molecule has 4 heteroatoms. The van der Waals surface area contributed by atoms with Gasteiger partial charge < -0.3 is 19.4 Å². The Morgan fingerprint density at radius 1 is 1.31 bits per heavy atom. The fraction of sp³-hybridized carbons (Fsp3) is 0.636. The predicted octanol–water partition coefficient (Wildman–Crippen LogP) is 2.66. The largest absolute Gasteiger partial charge is 0.504 e. The molecule has 26 heavy (non-hydrogen) atoms. The highest BCUT2D eigenvalue weighted by Crippen LogP contribution is 2.67. The summed E-state index contributed by atoms with van der Waals surface area (Å²) in [6.45, 7) is 6.57. The van der Waals surface area contributed by atoms with Gasteiger partial charge in [-0.2, -0.15) is 0 Å². The first-order valence-corrected chi connectivity index (χ1v) is 10.2. The third-order valence-electron chi connectivity index (χ3n) is 8.43. The molecule has 2 unspecified atom stereocenters. The van der Waals surface area contributed by atoms with E-state index in [1.165, 1.54) is 24.9 Å². The van der Waals surface area contributed by atoms with Gasteiger partial charge in [0, 0.05) is 24.3 Å². The van der Waals surface area contributed by atoms with Crippen molar-refractivity contribution in [3.8, 4) is 11.5 Å². The van der Waals surface area contributed by atoms with E-state index in [4.69, 9.17) is 4.74 Å². The predicted molar refractivity (Wildman–Crippen MR) is 98.3 cm³/mol. The molecule has 0 radical (unpaired) electrons. The minimum Gasteiger partial charge on any atom is -0.504 e. The lowest BCUT2D eigenvalue weighted by Crippen LogP contribution is -2.80. The van der Waals surface area contributed by atoms with Crippen LogP contribution in [0.25, 0.3) is 0 Å². The Hall–Kier alpha value is -1.52. The summed E-state index contributed by atoms with van der Waals surface area (Å²) in [6, 6.07) is 4.05. The molecule has 2 aliphatic heterocycles. The maximum absolute atomic E-state index is 12.3. The molecule has 1 saturated heterocycles. The number of aliphatic hydroxyl groups is 1. The molecule has 5 aliphatic rings. The van der Waals surface area contributed by atoms with Gasteiger partial charge in [0.2, 0.25) is 0 Å². The van der Waals surface area contributed by atoms with Crippen LogP contribution in [0.2, 0.25) is 0 Å². The summed E-state index contributed by atoms with van der Waals surface area (Å²) >= 11 is 0. The molecule has 1 aromatic rings. The van der Waals surface area contributed by atoms with Crippen molar-refractivity contribution in [3.05, 3.63) is 35.4 Å². The van der Waals surface area contributed by atoms with Crippen molar-refractivity contribution in [1.82, 2.24) is 0 Å². The molecule has 138 valence electrons. The van der Waals surface area contributed by atoms with Crippen LogP contribution in [-0.2, 0) is 11.8 Å². The summed E-state index contributed by atoms with van der Waals surface area (Å²) in [6.07, 6.45) is 5.88. The molecule has 2 N–H and O–H groups in total. The van der Waals surface area contributed by atoms with E-state index in [2.05, 4.69) is 19.7 Å². The van der Waals surface area contributed by atoms with E-state index in [-0.39, 0.29) is 17.9 Å². The maximum Gasteiger partial charge on any atom is 0.166 e. The first kappa shape index (κ1) is 15.5. The van der Waals surface area contributed by atoms with Crippen molar-refractivity contribution < 1.29 is 19.4 Å². The van der Waals surface area contributed by atoms with Crippen LogP contribution < -0.4 is 4.74 Å². The summed E-state index contributed by atoms with van der Waals surface area (Å²) in [5.74, 6) is 1.66. The van der Waals surface area contributed by atoms with E-state index in [0.29, 0.717) is 5.75 Å². The Bertz CT molecular complexity index is 846. The average molecular weight is 354 g/mol. The molecular weight excluding hydrogens is 326 g/mol. The number of nitrogens with zero attached hydrogens (tertiary/aromatic N) is 1. The first-order valence-electron chi connectivity index (χ1n) is 10.2. The second-order valence-corrected chi connectivity index (χ2v) is 9.80. The minimum absolute atomic E-state index is 0.194. The van der Waals surface area contributed by atoms with Gasteiger partial charge in [-0.25, -0.2) is 0 Å². The highest BCUT2D eigenvalue weighted by atomic mass is 16.5. The van der Waals surface area contributed by atoms with E-state index in [1.807, 2.05) is 0 Å². The SMILES string of the molecule is C=C1CC[C@@]2(O)C3Cc4ccc(O)c5c4[C@@]2(CC[N+]3(C)CC2CC2)[C@H]1O5. The number of hydrogen-bond donors (Lipinski definition) is 2. The molecule has 5 atom stereocenters. The van der Waals surface area contributed by atoms with Crippen molar-refractivity contribution in [2.45, 2.75) is 61.7 Å². The number of ether oxygens (including phenoxy) is 1. The van der Waals surface area contributed by atoms with E-state index in [0.717, 1.165) is 53.8 Å². The third kappa shape index (κ3) is 1.56. The Kier molecular flexibility index (Phi) is 2.67. The molecule has 0 amide bonds. The number of likely N-dealkylation sites (N-methyl/N-ethyl adjacent to an activating group) is 1. The molecule has 2 saturated carbocycles. The van der Waals surface area contributed by atoms with Crippen LogP contribution in [0.3, 0.4) is 0 Å². The molecule has 6 rings (SSSR count). The van der Waals surface area contributed by atoms with Gasteiger partial charge in [0.15, 0.2) is 11.5 Å². The van der Waals surface area contributed by atoms with E-state index >= 15 is 0 Å². The van der Waals surface area contributed by atoms with Gasteiger partial charge in [0.1, 0.15) is 17.7 Å². The summed E-state index contributed by atoms with van der Waals surface area (Å²) < 4.78 is 7.32. The number of hydrogen-bond acceptors (Lipinski definition) is 3. The van der Waals surface area contributed by atoms with Crippen LogP contribution in [-0.4, -0.2) is 52.6 Å². The average Bonchev–Trinajstić information content (AvgIpc) is 3.32. The van der Waals surface area contributed by atoms with Crippen LogP contribution in [0, 0.1) is 5.92 Å². The molecule has 3 aliphatic carbocycles. The van der Waals surface area contributed by atoms with E-state index < -0.39 is 11.0 Å². The summed E-state index contributed by atoms with van der Waals surface area (Å²) in [5, 5.41) is 22.7. The van der Waals surface area contributed by atoms with Gasteiger partial charge in [-0.3, -0.25) is 0 Å². The number of rotatable bonds is 2. The van der Waals surface area contributed by atoms with Crippen LogP contribution >= 0.6 is 0 Å². The first-order chi connectivity index (χ1) is 12.4. The van der Waals surface area contributed by atoms with Gasteiger partial charge in [0.25, 0.3) is 0 Å². The van der Waals surface area contributed by atoms with E-state index in [1.54, 1.807) is 6.07 Å². The van der Waals surface area contributed by atoms with E-state index in [9.17, 15) is 10.2 Å². The zero-order valence-electron chi connectivity index (χ0n) is 15.5. The molecule has 2 bridgehead atoms. The Balaban J connectivity index is 1.60. The topological polar surface area (TPSA) is 49.7 Å². The maximum atomic E-state index is 12.3. The molecule has 2 heterocycles. The van der Waals surface area contributed by atoms with Crippen molar-refractivity contribution in [2.75, 3.05) is 20.1 Å². The number of likely N-dealkylation sites (tertiary alicyclic amines) is 1. The number of aromatic hydroxyl groups is 1. The minimum atomic E-state index is -0.771. The Morgan fingerprint density at radius 2 is 2.12 bits per heavy atom. The number of quaternary nitrogens is 1. The fourth-order valence-electron chi connectivity index (χ4n) is 7.07. The lowest BCUT2D eigenvalue weighted by atomic mass is 9.48. The second-order valence-electron chi connectivity index (χ2n) is 9.80. The zero-order chi connectivity index (χ0) is 17.9. The molecular formula is C22H28NO3+. The Labute approximate surface area is 154 Å². The smallest absolute Gasteiger partial charge is 0.166 e. The van der Waals surface area contributed by atoms with Gasteiger partial charge in [0.05, 0.1) is 25.6 Å². The second kappa shape index (κ2) is 4.48. The van der Waals surface area contributed by atoms with Crippen molar-refractivity contribution in [1.29, 1.82) is 0 Å². The molecule has 1 spiro atoms. The van der Waals surface area contributed by atoms with Crippen molar-refractivity contribution in [3.63, 3.8) is 0 Å². The number of piperidine rings is 1. The highest BCUT2D eigenvalue weighted by Gasteiger charge is 2.75. The fourth-order valence-corrected chi connectivity index (χ4v) is 7.07. The van der Waals surface area contributed by atoms with Crippen molar-refractivity contribution >= 4 is 0 Å². The summed E-state index contributed by atoms with van der Waals surface area (Å²) in [5.41, 5.74) is 2.25. The lowest BCUT2D eigenvalue weighted by molar-refractivity contribution is -0.950. The van der Waals surface area contributed by atoms with Crippen LogP contribution in [0.1, 0.15) is 43.2 Å². The normalized spacial score (nSPS) is 45.2. The van der Waals surface area contributed by atoms with Gasteiger partial charge in [-0.05, 0) is 42.9 Å². The van der Waals surface area contributed by atoms with Gasteiger partial charge in [-0.15, -0.1) is 0 Å². The third-order valence-corrected chi connectivity index (χ3v) is 8.43. The van der Waals surface area contributed by atoms with Gasteiger partial charge in [-0.1, -0.05) is 12.6 Å². The quantitative estimate of drug-likeness (QED) is 0.634.